The Bertz CT molecular complexity index is 379. The van der Waals surface area contributed by atoms with E-state index in [1.807, 2.05) is 11.8 Å². The standard InChI is InChI=1S/C11H18N4O/c1-2-15-8-9(12)10(13-15)11(16)14-6-4-3-5-7-14/h8H,2-7,12H2,1H3. The van der Waals surface area contributed by atoms with Gasteiger partial charge in [0.15, 0.2) is 5.69 Å². The smallest absolute Gasteiger partial charge is 0.276 e. The molecule has 5 nitrogen and oxygen atoms in total. The number of nitrogens with two attached hydrogens (primary N) is 1. The molecule has 0 spiro atoms. The minimum atomic E-state index is -0.0237. The van der Waals surface area contributed by atoms with Crippen LogP contribution in [0.2, 0.25) is 0 Å². The highest BCUT2D eigenvalue weighted by atomic mass is 16.2. The third-order valence-corrected chi connectivity index (χ3v) is 2.96. The highest BCUT2D eigenvalue weighted by molar-refractivity contribution is 5.97. The van der Waals surface area contributed by atoms with Crippen molar-refractivity contribution in [1.29, 1.82) is 0 Å². The van der Waals surface area contributed by atoms with Gasteiger partial charge in [-0.1, -0.05) is 0 Å². The number of nitrogen functional groups attached to an aromatic ring is 1. The molecule has 1 amide bonds. The van der Waals surface area contributed by atoms with E-state index in [9.17, 15) is 4.79 Å². The van der Waals surface area contributed by atoms with Gasteiger partial charge in [0.1, 0.15) is 0 Å². The molecule has 1 aliphatic heterocycles. The Kier molecular flexibility index (Phi) is 3.12. The number of carbonyl (C=O) groups excluding carboxylic acids is 1. The lowest BCUT2D eigenvalue weighted by Gasteiger charge is -2.25. The monoisotopic (exact) mass is 222 g/mol. The van der Waals surface area contributed by atoms with Crippen molar-refractivity contribution in [2.45, 2.75) is 32.7 Å². The van der Waals surface area contributed by atoms with Gasteiger partial charge in [0.05, 0.1) is 5.69 Å². The van der Waals surface area contributed by atoms with Crippen molar-refractivity contribution >= 4 is 11.6 Å². The maximum atomic E-state index is 12.1. The predicted molar refractivity (Wildman–Crippen MR) is 62.1 cm³/mol. The third kappa shape index (κ3) is 2.03. The summed E-state index contributed by atoms with van der Waals surface area (Å²) < 4.78 is 1.70. The molecule has 0 saturated carbocycles. The van der Waals surface area contributed by atoms with Crippen LogP contribution in [-0.4, -0.2) is 33.7 Å². The molecule has 0 unspecified atom stereocenters. The maximum Gasteiger partial charge on any atom is 0.276 e. The fraction of sp³-hybridized carbons (Fsp3) is 0.636. The summed E-state index contributed by atoms with van der Waals surface area (Å²) in [6, 6.07) is 0. The van der Waals surface area contributed by atoms with Gasteiger partial charge in [-0.3, -0.25) is 9.48 Å². The molecule has 1 aromatic heterocycles. The molecule has 1 saturated heterocycles. The van der Waals surface area contributed by atoms with Crippen molar-refractivity contribution in [2.24, 2.45) is 0 Å². The molecule has 1 aliphatic rings. The first-order valence-electron chi connectivity index (χ1n) is 5.84. The number of piperidine rings is 1. The van der Waals surface area contributed by atoms with Crippen LogP contribution in [0.25, 0.3) is 0 Å². The fourth-order valence-electron chi connectivity index (χ4n) is 2.01. The lowest BCUT2D eigenvalue weighted by molar-refractivity contribution is 0.0718. The van der Waals surface area contributed by atoms with E-state index in [0.29, 0.717) is 11.4 Å². The normalized spacial score (nSPS) is 16.4. The van der Waals surface area contributed by atoms with Crippen LogP contribution in [0, 0.1) is 0 Å². The van der Waals surface area contributed by atoms with Gasteiger partial charge in [-0.2, -0.15) is 5.10 Å². The number of rotatable bonds is 2. The Morgan fingerprint density at radius 1 is 1.44 bits per heavy atom. The van der Waals surface area contributed by atoms with Crippen LogP contribution < -0.4 is 5.73 Å². The van der Waals surface area contributed by atoms with Gasteiger partial charge in [0.25, 0.3) is 5.91 Å². The van der Waals surface area contributed by atoms with E-state index in [1.54, 1.807) is 10.9 Å². The van der Waals surface area contributed by atoms with Crippen LogP contribution in [-0.2, 0) is 6.54 Å². The fourth-order valence-corrected chi connectivity index (χ4v) is 2.01. The van der Waals surface area contributed by atoms with Gasteiger partial charge in [0.2, 0.25) is 0 Å². The zero-order valence-electron chi connectivity index (χ0n) is 9.65. The number of hydrogen-bond acceptors (Lipinski definition) is 3. The molecule has 2 N–H and O–H groups in total. The predicted octanol–water partition coefficient (Wildman–Crippen LogP) is 1.11. The van der Waals surface area contributed by atoms with E-state index in [2.05, 4.69) is 5.10 Å². The molecule has 88 valence electrons. The van der Waals surface area contributed by atoms with Crippen molar-refractivity contribution in [1.82, 2.24) is 14.7 Å². The van der Waals surface area contributed by atoms with Crippen molar-refractivity contribution < 1.29 is 4.79 Å². The van der Waals surface area contributed by atoms with Crippen LogP contribution in [0.3, 0.4) is 0 Å². The Morgan fingerprint density at radius 3 is 2.69 bits per heavy atom. The molecule has 1 aromatic rings. The number of aryl methyl sites for hydroxylation is 1. The molecule has 1 fully saturated rings. The SMILES string of the molecule is CCn1cc(N)c(C(=O)N2CCCCC2)n1. The quantitative estimate of drug-likeness (QED) is 0.815. The minimum Gasteiger partial charge on any atom is -0.396 e. The molecule has 2 heterocycles. The minimum absolute atomic E-state index is 0.0237. The van der Waals surface area contributed by atoms with E-state index >= 15 is 0 Å². The average Bonchev–Trinajstić information content (AvgIpc) is 2.71. The van der Waals surface area contributed by atoms with Gasteiger partial charge < -0.3 is 10.6 Å². The summed E-state index contributed by atoms with van der Waals surface area (Å²) in [5, 5.41) is 4.20. The highest BCUT2D eigenvalue weighted by Crippen LogP contribution is 2.16. The lowest BCUT2D eigenvalue weighted by atomic mass is 10.1. The number of hydrogen-bond donors (Lipinski definition) is 1. The van der Waals surface area contributed by atoms with E-state index in [4.69, 9.17) is 5.73 Å². The zero-order chi connectivity index (χ0) is 11.5. The maximum absolute atomic E-state index is 12.1. The Balaban J connectivity index is 2.15. The highest BCUT2D eigenvalue weighted by Gasteiger charge is 2.22. The molecular weight excluding hydrogens is 204 g/mol. The first-order valence-corrected chi connectivity index (χ1v) is 5.84. The topological polar surface area (TPSA) is 64.2 Å². The third-order valence-electron chi connectivity index (χ3n) is 2.96. The van der Waals surface area contributed by atoms with E-state index in [-0.39, 0.29) is 5.91 Å². The molecule has 0 aromatic carbocycles. The van der Waals surface area contributed by atoms with Crippen LogP contribution >= 0.6 is 0 Å². The summed E-state index contributed by atoms with van der Waals surface area (Å²) in [5.41, 5.74) is 6.68. The molecule has 0 bridgehead atoms. The summed E-state index contributed by atoms with van der Waals surface area (Å²) in [5.74, 6) is -0.0237. The van der Waals surface area contributed by atoms with Gasteiger partial charge in [-0.15, -0.1) is 0 Å². The van der Waals surface area contributed by atoms with Gasteiger partial charge >= 0.3 is 0 Å². The Morgan fingerprint density at radius 2 is 2.12 bits per heavy atom. The van der Waals surface area contributed by atoms with E-state index in [0.717, 1.165) is 32.5 Å². The molecular formula is C11H18N4O. The summed E-state index contributed by atoms with van der Waals surface area (Å²) in [6.07, 6.45) is 5.10. The van der Waals surface area contributed by atoms with E-state index < -0.39 is 0 Å². The molecule has 0 radical (unpaired) electrons. The molecule has 2 rings (SSSR count). The number of carbonyl (C=O) groups is 1. The largest absolute Gasteiger partial charge is 0.396 e. The van der Waals surface area contributed by atoms with E-state index in [1.165, 1.54) is 6.42 Å². The summed E-state index contributed by atoms with van der Waals surface area (Å²) in [6.45, 7) is 4.37. The molecule has 16 heavy (non-hydrogen) atoms. The first kappa shape index (κ1) is 11.0. The zero-order valence-corrected chi connectivity index (χ0v) is 9.65. The number of likely N-dealkylation sites (tertiary alicyclic amines) is 1. The molecule has 0 atom stereocenters. The van der Waals surface area contributed by atoms with Crippen molar-refractivity contribution in [3.05, 3.63) is 11.9 Å². The van der Waals surface area contributed by atoms with Crippen LogP contribution in [0.15, 0.2) is 6.20 Å². The Labute approximate surface area is 95.2 Å². The van der Waals surface area contributed by atoms with Crippen LogP contribution in [0.1, 0.15) is 36.7 Å². The number of amides is 1. The van der Waals surface area contributed by atoms with Crippen molar-refractivity contribution in [3.63, 3.8) is 0 Å². The van der Waals surface area contributed by atoms with Crippen molar-refractivity contribution in [3.8, 4) is 0 Å². The summed E-state index contributed by atoms with van der Waals surface area (Å²) in [7, 11) is 0. The second kappa shape index (κ2) is 4.55. The molecule has 5 heteroatoms. The Hall–Kier alpha value is -1.52. The number of aromatic nitrogens is 2. The lowest BCUT2D eigenvalue weighted by Crippen LogP contribution is -2.36. The van der Waals surface area contributed by atoms with Crippen LogP contribution in [0.5, 0.6) is 0 Å². The molecule has 0 aliphatic carbocycles. The number of anilines is 1. The van der Waals surface area contributed by atoms with Gasteiger partial charge in [0, 0.05) is 25.8 Å². The first-order chi connectivity index (χ1) is 7.72. The van der Waals surface area contributed by atoms with Gasteiger partial charge in [-0.25, -0.2) is 0 Å². The second-order valence-corrected chi connectivity index (χ2v) is 4.14. The second-order valence-electron chi connectivity index (χ2n) is 4.14. The number of nitrogens with zero attached hydrogens (tertiary/aromatic N) is 3. The van der Waals surface area contributed by atoms with Crippen molar-refractivity contribution in [2.75, 3.05) is 18.8 Å². The summed E-state index contributed by atoms with van der Waals surface area (Å²) >= 11 is 0. The van der Waals surface area contributed by atoms with Gasteiger partial charge in [-0.05, 0) is 26.2 Å². The summed E-state index contributed by atoms with van der Waals surface area (Å²) in [4.78, 5) is 14.0. The van der Waals surface area contributed by atoms with Crippen LogP contribution in [0.4, 0.5) is 5.69 Å². The average molecular weight is 222 g/mol.